The molecule has 5 aromatic rings. The largest absolute Gasteiger partial charge is 0.507 e. The van der Waals surface area contributed by atoms with Gasteiger partial charge >= 0.3 is 5.91 Å². The van der Waals surface area contributed by atoms with Gasteiger partial charge in [0.1, 0.15) is 18.1 Å². The number of aryl methyl sites for hydroxylation is 3. The Morgan fingerprint density at radius 2 is 1.61 bits per heavy atom. The molecule has 1 aromatic heterocycles. The lowest BCUT2D eigenvalue weighted by molar-refractivity contribution is -0.132. The number of rotatable bonds is 6. The van der Waals surface area contributed by atoms with Gasteiger partial charge in [0.2, 0.25) is 0 Å². The maximum Gasteiger partial charge on any atom is 0.301 e. The van der Waals surface area contributed by atoms with Gasteiger partial charge in [0.15, 0.2) is 5.13 Å². The molecule has 6 nitrogen and oxygen atoms in total. The number of ether oxygens (including phenoxy) is 1. The number of aliphatic hydroxyl groups is 1. The number of fused-ring (bicyclic) bond motifs is 1. The van der Waals surface area contributed by atoms with Crippen LogP contribution in [0.15, 0.2) is 96.6 Å². The molecular formula is C34H28N2O4S. The van der Waals surface area contributed by atoms with Gasteiger partial charge in [-0.2, -0.15) is 0 Å². The number of nitrogens with zero attached hydrogens (tertiary/aromatic N) is 2. The number of hydrogen-bond acceptors (Lipinski definition) is 6. The first-order valence-corrected chi connectivity index (χ1v) is 14.1. The molecule has 0 radical (unpaired) electrons. The third-order valence-electron chi connectivity index (χ3n) is 7.24. The van der Waals surface area contributed by atoms with Crippen molar-refractivity contribution < 1.29 is 19.4 Å². The van der Waals surface area contributed by atoms with Gasteiger partial charge in [0, 0.05) is 5.56 Å². The SMILES string of the molecule is Cc1ccc(C(O)=C2C(=O)C(=O)N(c3nc4c(C)cc(C)cc4s3)C2c2ccc(OCc3ccccc3)cc2)cc1. The van der Waals surface area contributed by atoms with Crippen LogP contribution in [0.5, 0.6) is 5.75 Å². The van der Waals surface area contributed by atoms with Crippen LogP contribution in [0.1, 0.15) is 39.4 Å². The van der Waals surface area contributed by atoms with Gasteiger partial charge in [-0.05, 0) is 61.2 Å². The first-order valence-electron chi connectivity index (χ1n) is 13.3. The molecule has 0 saturated carbocycles. The summed E-state index contributed by atoms with van der Waals surface area (Å²) in [7, 11) is 0. The molecule has 1 aliphatic rings. The number of carbonyl (C=O) groups excluding carboxylic acids is 2. The molecule has 1 amide bonds. The molecular weight excluding hydrogens is 532 g/mol. The monoisotopic (exact) mass is 560 g/mol. The summed E-state index contributed by atoms with van der Waals surface area (Å²) in [4.78, 5) is 33.4. The Bertz CT molecular complexity index is 1810. The molecule has 6 rings (SSSR count). The normalized spacial score (nSPS) is 16.5. The first-order chi connectivity index (χ1) is 19.8. The second kappa shape index (κ2) is 10.7. The van der Waals surface area contributed by atoms with E-state index >= 15 is 0 Å². The molecule has 2 heterocycles. The van der Waals surface area contributed by atoms with E-state index in [1.54, 1.807) is 12.1 Å². The minimum Gasteiger partial charge on any atom is -0.507 e. The Balaban J connectivity index is 1.44. The molecule has 1 aliphatic heterocycles. The molecule has 0 spiro atoms. The highest BCUT2D eigenvalue weighted by Gasteiger charge is 2.48. The third kappa shape index (κ3) is 5.00. The fraction of sp³-hybridized carbons (Fsp3) is 0.147. The molecule has 41 heavy (non-hydrogen) atoms. The number of aromatic nitrogens is 1. The highest BCUT2D eigenvalue weighted by molar-refractivity contribution is 7.22. The summed E-state index contributed by atoms with van der Waals surface area (Å²) < 4.78 is 6.90. The van der Waals surface area contributed by atoms with Crippen molar-refractivity contribution in [3.05, 3.63) is 130 Å². The van der Waals surface area contributed by atoms with E-state index in [0.717, 1.165) is 32.5 Å². The van der Waals surface area contributed by atoms with Gasteiger partial charge < -0.3 is 9.84 Å². The molecule has 0 bridgehead atoms. The zero-order valence-electron chi connectivity index (χ0n) is 22.9. The van der Waals surface area contributed by atoms with Crippen LogP contribution in [0.25, 0.3) is 16.0 Å². The van der Waals surface area contributed by atoms with Crippen molar-refractivity contribution in [2.24, 2.45) is 0 Å². The van der Waals surface area contributed by atoms with Crippen molar-refractivity contribution in [2.75, 3.05) is 4.90 Å². The lowest BCUT2D eigenvalue weighted by Gasteiger charge is -2.23. The summed E-state index contributed by atoms with van der Waals surface area (Å²) in [6, 6.07) is 27.6. The Morgan fingerprint density at radius 1 is 0.902 bits per heavy atom. The zero-order valence-corrected chi connectivity index (χ0v) is 23.7. The van der Waals surface area contributed by atoms with Gasteiger partial charge in [-0.15, -0.1) is 0 Å². The molecule has 1 atom stereocenters. The van der Waals surface area contributed by atoms with Crippen molar-refractivity contribution in [2.45, 2.75) is 33.4 Å². The Morgan fingerprint density at radius 3 is 2.32 bits per heavy atom. The molecule has 4 aromatic carbocycles. The zero-order chi connectivity index (χ0) is 28.7. The van der Waals surface area contributed by atoms with E-state index in [2.05, 4.69) is 0 Å². The number of anilines is 1. The number of ketones is 1. The van der Waals surface area contributed by atoms with Crippen molar-refractivity contribution in [1.29, 1.82) is 0 Å². The number of hydrogen-bond donors (Lipinski definition) is 1. The highest BCUT2D eigenvalue weighted by Crippen LogP contribution is 2.45. The summed E-state index contributed by atoms with van der Waals surface area (Å²) in [5.41, 5.74) is 6.11. The summed E-state index contributed by atoms with van der Waals surface area (Å²) in [5, 5.41) is 11.8. The topological polar surface area (TPSA) is 79.7 Å². The van der Waals surface area contributed by atoms with Crippen LogP contribution in [0, 0.1) is 20.8 Å². The van der Waals surface area contributed by atoms with Crippen LogP contribution in [0.3, 0.4) is 0 Å². The highest BCUT2D eigenvalue weighted by atomic mass is 32.1. The molecule has 204 valence electrons. The van der Waals surface area contributed by atoms with Crippen molar-refractivity contribution in [3.63, 3.8) is 0 Å². The van der Waals surface area contributed by atoms with E-state index in [0.29, 0.717) is 28.6 Å². The van der Waals surface area contributed by atoms with Crippen LogP contribution in [-0.4, -0.2) is 21.8 Å². The van der Waals surface area contributed by atoms with E-state index in [-0.39, 0.29) is 11.3 Å². The van der Waals surface area contributed by atoms with Crippen LogP contribution in [0.2, 0.25) is 0 Å². The molecule has 7 heteroatoms. The molecule has 1 N–H and O–H groups in total. The predicted molar refractivity (Wildman–Crippen MR) is 162 cm³/mol. The second-order valence-electron chi connectivity index (χ2n) is 10.3. The van der Waals surface area contributed by atoms with Crippen LogP contribution >= 0.6 is 11.3 Å². The molecule has 1 unspecified atom stereocenters. The number of amides is 1. The minimum atomic E-state index is -0.860. The molecule has 1 saturated heterocycles. The number of aliphatic hydroxyl groups excluding tert-OH is 1. The van der Waals surface area contributed by atoms with Crippen LogP contribution in [0.4, 0.5) is 5.13 Å². The maximum absolute atomic E-state index is 13.6. The van der Waals surface area contributed by atoms with Crippen LogP contribution < -0.4 is 9.64 Å². The van der Waals surface area contributed by atoms with Gasteiger partial charge in [-0.25, -0.2) is 4.98 Å². The second-order valence-corrected chi connectivity index (χ2v) is 11.3. The Hall–Kier alpha value is -4.75. The predicted octanol–water partition coefficient (Wildman–Crippen LogP) is 7.43. The van der Waals surface area contributed by atoms with E-state index in [1.165, 1.54) is 16.2 Å². The smallest absolute Gasteiger partial charge is 0.301 e. The summed E-state index contributed by atoms with van der Waals surface area (Å²) in [6.45, 7) is 6.36. The number of thiazole rings is 1. The van der Waals surface area contributed by atoms with Gasteiger partial charge in [-0.3, -0.25) is 14.5 Å². The summed E-state index contributed by atoms with van der Waals surface area (Å²) in [5.74, 6) is -1.03. The van der Waals surface area contributed by atoms with E-state index < -0.39 is 17.7 Å². The van der Waals surface area contributed by atoms with Crippen LogP contribution in [-0.2, 0) is 16.2 Å². The van der Waals surface area contributed by atoms with E-state index in [9.17, 15) is 14.7 Å². The van der Waals surface area contributed by atoms with Gasteiger partial charge in [0.25, 0.3) is 5.78 Å². The van der Waals surface area contributed by atoms with Gasteiger partial charge in [-0.1, -0.05) is 89.7 Å². The summed E-state index contributed by atoms with van der Waals surface area (Å²) >= 11 is 1.36. The quantitative estimate of drug-likeness (QED) is 0.133. The standard InChI is InChI=1S/C34H28N2O4S/c1-20-9-11-25(12-10-20)31(37)28-30(24-13-15-26(16-14-24)40-19-23-7-5-4-6-8-23)36(33(39)32(28)38)34-35-29-22(3)17-21(2)18-27(29)41-34/h4-18,30,37H,19H2,1-3H3. The first kappa shape index (κ1) is 26.5. The number of Topliss-reactive ketones (excluding diaryl/α,β-unsaturated/α-hetero) is 1. The van der Waals surface area contributed by atoms with Crippen molar-refractivity contribution in [1.82, 2.24) is 4.98 Å². The van der Waals surface area contributed by atoms with Crippen molar-refractivity contribution >= 4 is 44.1 Å². The van der Waals surface area contributed by atoms with Crippen molar-refractivity contribution in [3.8, 4) is 5.75 Å². The van der Waals surface area contributed by atoms with E-state index in [4.69, 9.17) is 9.72 Å². The maximum atomic E-state index is 13.6. The molecule has 0 aliphatic carbocycles. The number of carbonyl (C=O) groups is 2. The fourth-order valence-electron chi connectivity index (χ4n) is 5.16. The fourth-order valence-corrected chi connectivity index (χ4v) is 6.33. The lowest BCUT2D eigenvalue weighted by Crippen LogP contribution is -2.29. The van der Waals surface area contributed by atoms with E-state index in [1.807, 2.05) is 99.6 Å². The lowest BCUT2D eigenvalue weighted by atomic mass is 9.95. The summed E-state index contributed by atoms with van der Waals surface area (Å²) in [6.07, 6.45) is 0. The Kier molecular flexibility index (Phi) is 6.89. The molecule has 1 fully saturated rings. The average Bonchev–Trinajstić information content (AvgIpc) is 3.51. The average molecular weight is 561 g/mol. The minimum absolute atomic E-state index is 0.0314. The number of benzene rings is 4. The van der Waals surface area contributed by atoms with Gasteiger partial charge in [0.05, 0.1) is 21.8 Å². The third-order valence-corrected chi connectivity index (χ3v) is 8.24. The Labute approximate surface area is 242 Å².